The van der Waals surface area contributed by atoms with Crippen molar-refractivity contribution in [3.05, 3.63) is 99.8 Å². The zero-order chi connectivity index (χ0) is 19.8. The molecule has 0 fully saturated rings. The second kappa shape index (κ2) is 9.80. The number of benzene rings is 3. The summed E-state index contributed by atoms with van der Waals surface area (Å²) in [7, 11) is 0. The molecule has 3 aromatic rings. The molecule has 0 heterocycles. The number of hydrogen-bond donors (Lipinski definition) is 1. The second-order valence-corrected chi connectivity index (χ2v) is 6.91. The number of carbonyl (C=O) groups is 1. The summed E-state index contributed by atoms with van der Waals surface area (Å²) in [6, 6.07) is 21.1. The van der Waals surface area contributed by atoms with Crippen molar-refractivity contribution in [2.45, 2.75) is 13.0 Å². The first-order valence-electron chi connectivity index (χ1n) is 8.63. The van der Waals surface area contributed by atoms with E-state index in [0.29, 0.717) is 12.4 Å². The Morgan fingerprint density at radius 3 is 2.50 bits per heavy atom. The van der Waals surface area contributed by atoms with E-state index in [0.717, 1.165) is 21.2 Å². The molecule has 0 aromatic heterocycles. The van der Waals surface area contributed by atoms with Gasteiger partial charge < -0.3 is 4.74 Å². The summed E-state index contributed by atoms with van der Waals surface area (Å²) in [4.78, 5) is 11.9. The van der Waals surface area contributed by atoms with E-state index < -0.39 is 0 Å². The Morgan fingerprint density at radius 1 is 1.04 bits per heavy atom. The number of rotatable bonds is 7. The molecule has 0 bridgehead atoms. The van der Waals surface area contributed by atoms with Crippen molar-refractivity contribution >= 4 is 28.1 Å². The van der Waals surface area contributed by atoms with E-state index in [4.69, 9.17) is 4.74 Å². The molecule has 0 radical (unpaired) electrons. The topological polar surface area (TPSA) is 50.7 Å². The number of nitrogens with zero attached hydrogens (tertiary/aromatic N) is 1. The van der Waals surface area contributed by atoms with Crippen molar-refractivity contribution in [2.24, 2.45) is 5.10 Å². The van der Waals surface area contributed by atoms with Crippen LogP contribution in [0.3, 0.4) is 0 Å². The minimum Gasteiger partial charge on any atom is -0.488 e. The maximum atomic E-state index is 12.9. The maximum Gasteiger partial charge on any atom is 0.244 e. The van der Waals surface area contributed by atoms with Crippen molar-refractivity contribution in [2.75, 3.05) is 0 Å². The zero-order valence-electron chi connectivity index (χ0n) is 14.9. The molecule has 0 aliphatic carbocycles. The first-order valence-corrected chi connectivity index (χ1v) is 9.42. The average molecular weight is 441 g/mol. The van der Waals surface area contributed by atoms with Crippen LogP contribution in [0, 0.1) is 5.82 Å². The fraction of sp³-hybridized carbons (Fsp3) is 0.0909. The van der Waals surface area contributed by atoms with E-state index in [1.165, 1.54) is 12.1 Å². The molecule has 0 saturated heterocycles. The number of halogens is 2. The molecule has 0 aliphatic rings. The number of carbonyl (C=O) groups excluding carboxylic acids is 1. The van der Waals surface area contributed by atoms with E-state index in [1.807, 2.05) is 42.5 Å². The summed E-state index contributed by atoms with van der Waals surface area (Å²) in [6.45, 7) is 0.335. The van der Waals surface area contributed by atoms with Gasteiger partial charge in [0, 0.05) is 0 Å². The van der Waals surface area contributed by atoms with E-state index in [2.05, 4.69) is 26.5 Å². The van der Waals surface area contributed by atoms with Gasteiger partial charge >= 0.3 is 0 Å². The highest BCUT2D eigenvalue weighted by atomic mass is 79.9. The largest absolute Gasteiger partial charge is 0.488 e. The van der Waals surface area contributed by atoms with Gasteiger partial charge in [0.2, 0.25) is 5.91 Å². The van der Waals surface area contributed by atoms with Crippen LogP contribution in [-0.4, -0.2) is 12.1 Å². The quantitative estimate of drug-likeness (QED) is 0.421. The summed E-state index contributed by atoms with van der Waals surface area (Å²) in [5.74, 6) is 0.208. The molecular weight excluding hydrogens is 423 g/mol. The molecule has 3 aromatic carbocycles. The molecule has 0 aliphatic heterocycles. The third-order valence-corrected chi connectivity index (χ3v) is 4.49. The Morgan fingerprint density at radius 2 is 1.79 bits per heavy atom. The van der Waals surface area contributed by atoms with E-state index in [1.54, 1.807) is 24.4 Å². The summed E-state index contributed by atoms with van der Waals surface area (Å²) in [5.41, 5.74) is 5.13. The Hall–Kier alpha value is -2.99. The van der Waals surface area contributed by atoms with Gasteiger partial charge in [-0.05, 0) is 63.0 Å². The molecule has 0 saturated carbocycles. The van der Waals surface area contributed by atoms with E-state index in [9.17, 15) is 9.18 Å². The van der Waals surface area contributed by atoms with Crippen molar-refractivity contribution < 1.29 is 13.9 Å². The van der Waals surface area contributed by atoms with Crippen molar-refractivity contribution in [3.63, 3.8) is 0 Å². The molecule has 1 amide bonds. The standard InChI is InChI=1S/C22H18BrFN2O2/c23-20-12-18(14-25-26-22(27)13-16-4-2-1-3-5-16)8-11-21(20)28-15-17-6-9-19(24)10-7-17/h1-12,14H,13,15H2,(H,26,27)/b25-14-. The Balaban J connectivity index is 1.52. The number of amides is 1. The molecule has 4 nitrogen and oxygen atoms in total. The molecule has 1 N–H and O–H groups in total. The number of nitrogens with one attached hydrogen (secondary N) is 1. The van der Waals surface area contributed by atoms with Crippen LogP contribution in [0.1, 0.15) is 16.7 Å². The normalized spacial score (nSPS) is 10.8. The van der Waals surface area contributed by atoms with Gasteiger partial charge in [0.1, 0.15) is 18.2 Å². The number of ether oxygens (including phenoxy) is 1. The molecule has 6 heteroatoms. The van der Waals surface area contributed by atoms with Crippen molar-refractivity contribution in [1.82, 2.24) is 5.43 Å². The first-order chi connectivity index (χ1) is 13.6. The van der Waals surface area contributed by atoms with Gasteiger partial charge in [0.05, 0.1) is 17.1 Å². The Kier molecular flexibility index (Phi) is 6.92. The molecular formula is C22H18BrFN2O2. The summed E-state index contributed by atoms with van der Waals surface area (Å²) in [5, 5.41) is 3.99. The lowest BCUT2D eigenvalue weighted by Gasteiger charge is -2.09. The van der Waals surface area contributed by atoms with Crippen molar-refractivity contribution in [3.8, 4) is 5.75 Å². The number of hydrazone groups is 1. The van der Waals surface area contributed by atoms with Gasteiger partial charge in [-0.15, -0.1) is 0 Å². The van der Waals surface area contributed by atoms with Crippen LogP contribution in [0.25, 0.3) is 0 Å². The highest BCUT2D eigenvalue weighted by Crippen LogP contribution is 2.26. The van der Waals surface area contributed by atoms with Crippen LogP contribution in [0.2, 0.25) is 0 Å². The maximum absolute atomic E-state index is 12.9. The monoisotopic (exact) mass is 440 g/mol. The van der Waals surface area contributed by atoms with Crippen LogP contribution in [0.4, 0.5) is 4.39 Å². The molecule has 142 valence electrons. The van der Waals surface area contributed by atoms with Gasteiger partial charge in [-0.3, -0.25) is 4.79 Å². The summed E-state index contributed by atoms with van der Waals surface area (Å²) < 4.78 is 19.4. The van der Waals surface area contributed by atoms with E-state index >= 15 is 0 Å². The van der Waals surface area contributed by atoms with Crippen LogP contribution >= 0.6 is 15.9 Å². The molecule has 0 spiro atoms. The predicted molar refractivity (Wildman–Crippen MR) is 111 cm³/mol. The highest BCUT2D eigenvalue weighted by molar-refractivity contribution is 9.10. The lowest BCUT2D eigenvalue weighted by Crippen LogP contribution is -2.19. The van der Waals surface area contributed by atoms with Crippen LogP contribution in [-0.2, 0) is 17.8 Å². The smallest absolute Gasteiger partial charge is 0.244 e. The Bertz CT molecular complexity index is 960. The highest BCUT2D eigenvalue weighted by Gasteiger charge is 2.04. The van der Waals surface area contributed by atoms with Crippen LogP contribution in [0.5, 0.6) is 5.75 Å². The fourth-order valence-corrected chi connectivity index (χ4v) is 2.97. The van der Waals surface area contributed by atoms with E-state index in [-0.39, 0.29) is 18.1 Å². The van der Waals surface area contributed by atoms with Crippen LogP contribution < -0.4 is 10.2 Å². The molecule has 0 unspecified atom stereocenters. The molecule has 28 heavy (non-hydrogen) atoms. The lowest BCUT2D eigenvalue weighted by atomic mass is 10.1. The fourth-order valence-electron chi connectivity index (χ4n) is 2.46. The Labute approximate surface area is 171 Å². The van der Waals surface area contributed by atoms with Crippen LogP contribution in [0.15, 0.2) is 82.4 Å². The average Bonchev–Trinajstić information content (AvgIpc) is 2.69. The van der Waals surface area contributed by atoms with Gasteiger partial charge in [-0.25, -0.2) is 9.82 Å². The van der Waals surface area contributed by atoms with Gasteiger partial charge in [0.25, 0.3) is 0 Å². The third kappa shape index (κ3) is 6.03. The van der Waals surface area contributed by atoms with Gasteiger partial charge in [-0.2, -0.15) is 5.10 Å². The van der Waals surface area contributed by atoms with Gasteiger partial charge in [0.15, 0.2) is 0 Å². The zero-order valence-corrected chi connectivity index (χ0v) is 16.5. The minimum atomic E-state index is -0.274. The SMILES string of the molecule is O=C(Cc1ccccc1)N/N=C\c1ccc(OCc2ccc(F)cc2)c(Br)c1. The predicted octanol–water partition coefficient (Wildman–Crippen LogP) is 4.86. The summed E-state index contributed by atoms with van der Waals surface area (Å²) in [6.07, 6.45) is 1.84. The number of hydrogen-bond acceptors (Lipinski definition) is 3. The van der Waals surface area contributed by atoms with Crippen molar-refractivity contribution in [1.29, 1.82) is 0 Å². The summed E-state index contributed by atoms with van der Waals surface area (Å²) >= 11 is 3.46. The molecule has 3 rings (SSSR count). The lowest BCUT2D eigenvalue weighted by molar-refractivity contribution is -0.120. The first kappa shape index (κ1) is 19.8. The third-order valence-electron chi connectivity index (χ3n) is 3.87. The molecule has 0 atom stereocenters. The minimum absolute atomic E-state index is 0.180. The van der Waals surface area contributed by atoms with Gasteiger partial charge in [-0.1, -0.05) is 42.5 Å². The second-order valence-electron chi connectivity index (χ2n) is 6.06.